The zero-order chi connectivity index (χ0) is 93.8. The van der Waals surface area contributed by atoms with E-state index in [2.05, 4.69) is 419 Å². The quantitative estimate of drug-likeness (QED) is 0.111. The Morgan fingerprint density at radius 1 is 0.319 bits per heavy atom. The van der Waals surface area contributed by atoms with Crippen molar-refractivity contribution in [3.63, 3.8) is 0 Å². The fraction of sp³-hybridized carbons (Fsp3) is 0.716. The molecule has 5 aliphatic rings. The molecular formula is C102H191N16O+7. The Morgan fingerprint density at radius 3 is 0.924 bits per heavy atom. The van der Waals surface area contributed by atoms with E-state index in [1.165, 1.54) is 138 Å². The van der Waals surface area contributed by atoms with E-state index in [-0.39, 0.29) is 0 Å². The van der Waals surface area contributed by atoms with Crippen molar-refractivity contribution < 1.29 is 36.6 Å². The molecule has 13 atom stereocenters. The number of quaternary nitrogens is 3. The summed E-state index contributed by atoms with van der Waals surface area (Å²) in [6, 6.07) is 8.86. The Balaban J connectivity index is 0.000000655. The van der Waals surface area contributed by atoms with Gasteiger partial charge in [0.1, 0.15) is 61.8 Å². The average molecular weight is 1660 g/mol. The molecule has 0 radical (unpaired) electrons. The molecule has 17 heteroatoms. The van der Waals surface area contributed by atoms with Crippen LogP contribution in [-0.4, -0.2) is 189 Å². The highest BCUT2D eigenvalue weighted by atomic mass is 16.5. The third kappa shape index (κ3) is 26.3. The predicted molar refractivity (Wildman–Crippen MR) is 511 cm³/mol. The number of hydrogen-bond acceptors (Lipinski definition) is 8. The molecule has 13 unspecified atom stereocenters. The summed E-state index contributed by atoms with van der Waals surface area (Å²) in [7, 11) is 34.9. The van der Waals surface area contributed by atoms with Crippen LogP contribution in [0.25, 0.3) is 0 Å². The molecule has 0 aromatic carbocycles. The third-order valence-electron chi connectivity index (χ3n) is 33.6. The number of aromatic nitrogens is 8. The number of hydrogen-bond donors (Lipinski definition) is 0. The van der Waals surface area contributed by atoms with Crippen LogP contribution in [0.4, 0.5) is 0 Å². The Labute approximate surface area is 735 Å². The summed E-state index contributed by atoms with van der Waals surface area (Å²) < 4.78 is 22.3. The van der Waals surface area contributed by atoms with Crippen molar-refractivity contribution in [3.8, 4) is 0 Å². The monoisotopic (exact) mass is 1660 g/mol. The van der Waals surface area contributed by atoms with Crippen molar-refractivity contribution in [2.45, 2.75) is 352 Å². The van der Waals surface area contributed by atoms with Gasteiger partial charge < -0.3 is 42.0 Å². The number of aryl methyl sites for hydroxylation is 8. The van der Waals surface area contributed by atoms with E-state index in [0.717, 1.165) is 81.3 Å². The van der Waals surface area contributed by atoms with Gasteiger partial charge in [0.15, 0.2) is 35.5 Å². The first-order valence-electron chi connectivity index (χ1n) is 44.9. The Hall–Kier alpha value is -6.53. The number of hydrazone groups is 1. The fourth-order valence-electron chi connectivity index (χ4n) is 17.2. The number of likely N-dealkylation sites (tertiary alicyclic amines) is 2. The fourth-order valence-corrected chi connectivity index (χ4v) is 17.2. The van der Waals surface area contributed by atoms with Gasteiger partial charge >= 0.3 is 0 Å². The van der Waals surface area contributed by atoms with Crippen molar-refractivity contribution in [1.82, 2.24) is 38.9 Å². The van der Waals surface area contributed by atoms with Gasteiger partial charge in [0.05, 0.1) is 79.7 Å². The molecular weight excluding hydrogens is 1470 g/mol. The molecule has 11 heterocycles. The van der Waals surface area contributed by atoms with Crippen molar-refractivity contribution in [1.29, 1.82) is 0 Å². The number of pyridine rings is 2. The first-order chi connectivity index (χ1) is 54.0. The number of nitrogens with zero attached hydrogens (tertiary/aromatic N) is 16. The smallest absolute Gasteiger partial charge is 0.295 e. The van der Waals surface area contributed by atoms with Gasteiger partial charge in [-0.3, -0.25) is 5.01 Å². The number of piperidine rings is 1. The van der Waals surface area contributed by atoms with Crippen molar-refractivity contribution in [2.75, 3.05) is 70.5 Å². The molecule has 0 saturated carbocycles. The van der Waals surface area contributed by atoms with Crippen LogP contribution in [0, 0.1) is 196 Å². The largest absolute Gasteiger partial charge is 0.363 e. The highest BCUT2D eigenvalue weighted by molar-refractivity contribution is 5.80. The zero-order valence-electron chi connectivity index (χ0n) is 88.9. The van der Waals surface area contributed by atoms with Gasteiger partial charge in [-0.1, -0.05) is 44.3 Å². The molecule has 6 aromatic heterocycles. The minimum atomic E-state index is 0.381. The molecule has 17 nitrogen and oxygen atoms in total. The lowest BCUT2D eigenvalue weighted by Crippen LogP contribution is -2.65. The van der Waals surface area contributed by atoms with Crippen LogP contribution in [-0.2, 0) is 47.0 Å². The molecule has 678 valence electrons. The van der Waals surface area contributed by atoms with E-state index in [9.17, 15) is 0 Å². The number of amidine groups is 1. The second-order valence-electron chi connectivity index (χ2n) is 39.2. The van der Waals surface area contributed by atoms with Crippen molar-refractivity contribution in [3.05, 3.63) is 159 Å². The lowest BCUT2D eigenvalue weighted by Gasteiger charge is -2.53. The lowest BCUT2D eigenvalue weighted by atomic mass is 9.72. The number of likely N-dealkylation sites (N-methyl/N-ethyl adjacent to an activating group) is 1. The summed E-state index contributed by atoms with van der Waals surface area (Å²) in [5.41, 5.74) is 33.7. The molecule has 3 saturated heterocycles. The molecule has 0 N–H and O–H groups in total. The summed E-state index contributed by atoms with van der Waals surface area (Å²) in [6.45, 7) is 92.5. The second kappa shape index (κ2) is 45.2. The molecule has 119 heavy (non-hydrogen) atoms. The van der Waals surface area contributed by atoms with E-state index in [4.69, 9.17) is 4.74 Å². The van der Waals surface area contributed by atoms with Crippen LogP contribution in [0.1, 0.15) is 260 Å². The normalized spacial score (nSPS) is 24.3. The van der Waals surface area contributed by atoms with Crippen molar-refractivity contribution >= 4 is 5.84 Å². The van der Waals surface area contributed by atoms with Crippen molar-refractivity contribution in [2.24, 2.45) is 77.0 Å². The van der Waals surface area contributed by atoms with Gasteiger partial charge in [0, 0.05) is 182 Å². The molecule has 11 rings (SSSR count). The van der Waals surface area contributed by atoms with Gasteiger partial charge in [-0.25, -0.2) is 13.7 Å². The molecule has 0 amide bonds. The number of ether oxygens (including phenoxy) is 1. The van der Waals surface area contributed by atoms with Crippen LogP contribution in [0.2, 0.25) is 0 Å². The zero-order valence-corrected chi connectivity index (χ0v) is 88.9. The lowest BCUT2D eigenvalue weighted by molar-refractivity contribution is -0.950. The Bertz CT molecular complexity index is 3870. The standard InChI is InChI=1S/C12H26N.C11H18N.C10H22NO.C10H22N.C10H16N.2C9H15N2.C9H15N.C8H16N2.C8H13N.C6H13N3/c1-8-9(2)11(4)13(6,7)12(5)10(8)3;1-7-8(2)10(4)12(6)11(5)9(7)3;1-7-9(3)12-10(4)8(2)11(7,5)6;1-7-8(2)10(4)11(5,6)9(7)3;1-7-6-8(2)10(4)11(5)9(7)3;1-6-7(2)10-9(4)11(5)8(6)3;1-6-7(2)9(4)11(5)10-8(6)3;1-6-7(2)9(4)10(5)8(6)3;1-6-7(2)10(5)8(3)9(6)4;1-6-5-7(2)9(4)8(6)3;1-5-7-9(4)6(2)8(5)3/h8-12H,1-7H3;1-6H3;7-10H,1-6H3;7-10H,1-6H3;6H,1-5H3;2*1-5H3;1-5H3;8H,1-5H3;5H,1-4H3;6H,1-4H3/q7*+1;;;;. The molecule has 0 spiro atoms. The summed E-state index contributed by atoms with van der Waals surface area (Å²) in [6.07, 6.45) is 1.71. The minimum Gasteiger partial charge on any atom is -0.363 e. The topological polar surface area (TPSA) is 85.7 Å². The number of morpholine rings is 1. The van der Waals surface area contributed by atoms with Gasteiger partial charge in [-0.2, -0.15) is 5.10 Å². The maximum atomic E-state index is 5.83. The van der Waals surface area contributed by atoms with Gasteiger partial charge in [-0.05, 0) is 259 Å². The highest BCUT2D eigenvalue weighted by Gasteiger charge is 2.49. The third-order valence-corrected chi connectivity index (χ3v) is 33.6. The maximum absolute atomic E-state index is 5.83. The van der Waals surface area contributed by atoms with Gasteiger partial charge in [-0.15, -0.1) is 0 Å². The Morgan fingerprint density at radius 2 is 0.655 bits per heavy atom. The molecule has 0 bridgehead atoms. The van der Waals surface area contributed by atoms with E-state index >= 15 is 0 Å². The number of allylic oxidation sites excluding steroid dienone is 2. The van der Waals surface area contributed by atoms with Crippen LogP contribution in [0.5, 0.6) is 0 Å². The minimum absolute atomic E-state index is 0.381. The first kappa shape index (κ1) is 110. The summed E-state index contributed by atoms with van der Waals surface area (Å²) in [4.78, 5) is 11.1. The summed E-state index contributed by atoms with van der Waals surface area (Å²) in [5, 5.41) is 10.5. The number of rotatable bonds is 0. The van der Waals surface area contributed by atoms with Crippen LogP contribution < -0.4 is 18.4 Å². The van der Waals surface area contributed by atoms with Crippen LogP contribution in [0.15, 0.2) is 28.6 Å². The maximum Gasteiger partial charge on any atom is 0.295 e. The predicted octanol–water partition coefficient (Wildman–Crippen LogP) is 18.8. The molecule has 5 aliphatic heterocycles. The van der Waals surface area contributed by atoms with E-state index in [0.29, 0.717) is 36.6 Å². The summed E-state index contributed by atoms with van der Waals surface area (Å²) >= 11 is 0. The van der Waals surface area contributed by atoms with Gasteiger partial charge in [0.2, 0.25) is 5.69 Å². The molecule has 3 fully saturated rings. The highest BCUT2D eigenvalue weighted by Crippen LogP contribution is 2.40. The average Bonchev–Trinajstić information content (AvgIpc) is 1.71. The Kier molecular flexibility index (Phi) is 42.0. The SMILES string of the molecule is CC1=C(C)N(C)C(C)N1C.CC1=NN(C)C(C)N1C.CC1C(C)C(C)[N+](C)(C)C(C)C1C.CC1C(C)C(C)[N+](C)(C)C1C.CC1OC(C)C(C)[N+](C)(C)C1C.Cc1c(C)c(C)[n+](C)c(C)c1C.Cc1c(C)c(C)n(C)c1C.Cc1cc(C)c(C)[n+](C)c1C.Cc1cc(C)n(C)c1C.Cc1n[n+](C)c(C)c(C)c1C.Cc1nc(C)[n+](C)c(C)c1C. The molecule has 0 aliphatic carbocycles. The van der Waals surface area contributed by atoms with Crippen LogP contribution >= 0.6 is 0 Å². The van der Waals surface area contributed by atoms with Crippen LogP contribution in [0.3, 0.4) is 0 Å². The van der Waals surface area contributed by atoms with Gasteiger partial charge in [0.25, 0.3) is 5.82 Å². The molecule has 6 aromatic rings. The van der Waals surface area contributed by atoms with E-state index in [1.54, 1.807) is 0 Å². The van der Waals surface area contributed by atoms with E-state index < -0.39 is 0 Å². The van der Waals surface area contributed by atoms with E-state index in [1.807, 2.05) is 58.7 Å². The first-order valence-corrected chi connectivity index (χ1v) is 44.9. The summed E-state index contributed by atoms with van der Waals surface area (Å²) in [5.74, 6) is 6.48. The second-order valence-corrected chi connectivity index (χ2v) is 39.2.